The Balaban J connectivity index is 1.92. The summed E-state index contributed by atoms with van der Waals surface area (Å²) in [6.45, 7) is 0. The second-order valence-electron chi connectivity index (χ2n) is 4.49. The van der Waals surface area contributed by atoms with Crippen LogP contribution in [0.4, 0.5) is 0 Å². The van der Waals surface area contributed by atoms with Crippen LogP contribution in [0, 0.1) is 5.92 Å². The summed E-state index contributed by atoms with van der Waals surface area (Å²) < 4.78 is 0. The second-order valence-corrected chi connectivity index (χ2v) is 4.49. The highest BCUT2D eigenvalue weighted by Crippen LogP contribution is 2.24. The first kappa shape index (κ1) is 11.0. The van der Waals surface area contributed by atoms with Gasteiger partial charge in [-0.2, -0.15) is 0 Å². The summed E-state index contributed by atoms with van der Waals surface area (Å²) in [6, 6.07) is 0. The van der Waals surface area contributed by atoms with Crippen molar-refractivity contribution in [3.05, 3.63) is 11.6 Å². The number of rotatable bonds is 2. The van der Waals surface area contributed by atoms with E-state index in [1.165, 1.54) is 0 Å². The van der Waals surface area contributed by atoms with Crippen molar-refractivity contribution < 1.29 is 14.4 Å². The van der Waals surface area contributed by atoms with Gasteiger partial charge < -0.3 is 0 Å². The minimum absolute atomic E-state index is 0.0714. The first-order chi connectivity index (χ1) is 7.65. The van der Waals surface area contributed by atoms with Crippen molar-refractivity contribution in [2.45, 2.75) is 38.5 Å². The van der Waals surface area contributed by atoms with Crippen LogP contribution in [0.25, 0.3) is 0 Å². The number of ketones is 1. The van der Waals surface area contributed by atoms with Gasteiger partial charge >= 0.3 is 0 Å². The maximum absolute atomic E-state index is 11.4. The SMILES string of the molecule is O=C1CC(C/C=C2\CCCC2=O)CC(=O)N1. The fraction of sp³-hybridized carbons (Fsp3) is 0.583. The lowest BCUT2D eigenvalue weighted by molar-refractivity contribution is -0.134. The summed E-state index contributed by atoms with van der Waals surface area (Å²) in [5.74, 6) is -0.0939. The van der Waals surface area contributed by atoms with Crippen LogP contribution in [-0.4, -0.2) is 17.6 Å². The molecule has 16 heavy (non-hydrogen) atoms. The van der Waals surface area contributed by atoms with Gasteiger partial charge in [0.2, 0.25) is 11.8 Å². The van der Waals surface area contributed by atoms with Crippen LogP contribution in [0.3, 0.4) is 0 Å². The minimum Gasteiger partial charge on any atom is -0.296 e. The summed E-state index contributed by atoms with van der Waals surface area (Å²) in [7, 11) is 0. The third kappa shape index (κ3) is 2.56. The van der Waals surface area contributed by atoms with E-state index in [1.54, 1.807) is 0 Å². The number of hydrogen-bond acceptors (Lipinski definition) is 3. The zero-order valence-corrected chi connectivity index (χ0v) is 9.12. The Bertz CT molecular complexity index is 354. The first-order valence-electron chi connectivity index (χ1n) is 5.70. The molecule has 1 saturated carbocycles. The Morgan fingerprint density at radius 3 is 2.38 bits per heavy atom. The third-order valence-electron chi connectivity index (χ3n) is 3.13. The molecule has 1 saturated heterocycles. The molecule has 0 atom stereocenters. The molecule has 0 radical (unpaired) electrons. The molecule has 0 unspecified atom stereocenters. The van der Waals surface area contributed by atoms with Crippen molar-refractivity contribution in [3.8, 4) is 0 Å². The fourth-order valence-electron chi connectivity index (χ4n) is 2.28. The largest absolute Gasteiger partial charge is 0.296 e. The summed E-state index contributed by atoms with van der Waals surface area (Å²) >= 11 is 0. The lowest BCUT2D eigenvalue weighted by Crippen LogP contribution is -2.38. The fourth-order valence-corrected chi connectivity index (χ4v) is 2.28. The number of Topliss-reactive ketones (excluding diaryl/α,β-unsaturated/α-hetero) is 1. The van der Waals surface area contributed by atoms with E-state index in [0.29, 0.717) is 25.7 Å². The van der Waals surface area contributed by atoms with E-state index in [9.17, 15) is 14.4 Å². The molecule has 2 fully saturated rings. The van der Waals surface area contributed by atoms with Crippen molar-refractivity contribution in [2.24, 2.45) is 5.92 Å². The van der Waals surface area contributed by atoms with Crippen LogP contribution >= 0.6 is 0 Å². The number of amides is 2. The molecule has 0 bridgehead atoms. The highest BCUT2D eigenvalue weighted by molar-refractivity contribution is 5.98. The lowest BCUT2D eigenvalue weighted by Gasteiger charge is -2.19. The molecule has 2 rings (SSSR count). The monoisotopic (exact) mass is 221 g/mol. The predicted molar refractivity (Wildman–Crippen MR) is 57.4 cm³/mol. The van der Waals surface area contributed by atoms with Crippen molar-refractivity contribution in [1.82, 2.24) is 5.32 Å². The van der Waals surface area contributed by atoms with Gasteiger partial charge in [0.1, 0.15) is 0 Å². The van der Waals surface area contributed by atoms with Gasteiger partial charge in [0.05, 0.1) is 0 Å². The normalized spacial score (nSPS) is 25.2. The van der Waals surface area contributed by atoms with Crippen LogP contribution in [0.1, 0.15) is 38.5 Å². The number of carbonyl (C=O) groups is 3. The second kappa shape index (κ2) is 4.60. The van der Waals surface area contributed by atoms with Crippen LogP contribution in [0.2, 0.25) is 0 Å². The van der Waals surface area contributed by atoms with Crippen LogP contribution in [0.5, 0.6) is 0 Å². The van der Waals surface area contributed by atoms with Gasteiger partial charge in [-0.05, 0) is 30.8 Å². The molecule has 2 aliphatic rings. The quantitative estimate of drug-likeness (QED) is 0.561. The van der Waals surface area contributed by atoms with Crippen molar-refractivity contribution >= 4 is 17.6 Å². The zero-order chi connectivity index (χ0) is 11.5. The molecule has 0 aromatic carbocycles. The van der Waals surface area contributed by atoms with Crippen molar-refractivity contribution in [1.29, 1.82) is 0 Å². The molecule has 86 valence electrons. The molecule has 1 heterocycles. The number of carbonyl (C=O) groups excluding carboxylic acids is 3. The zero-order valence-electron chi connectivity index (χ0n) is 9.12. The van der Waals surface area contributed by atoms with E-state index >= 15 is 0 Å². The van der Waals surface area contributed by atoms with E-state index in [0.717, 1.165) is 18.4 Å². The van der Waals surface area contributed by atoms with Crippen molar-refractivity contribution in [2.75, 3.05) is 0 Å². The highest BCUT2D eigenvalue weighted by Gasteiger charge is 2.24. The molecule has 4 nitrogen and oxygen atoms in total. The van der Waals surface area contributed by atoms with E-state index in [2.05, 4.69) is 5.32 Å². The van der Waals surface area contributed by atoms with Gasteiger partial charge in [-0.3, -0.25) is 19.7 Å². The smallest absolute Gasteiger partial charge is 0.226 e. The first-order valence-corrected chi connectivity index (χ1v) is 5.70. The van der Waals surface area contributed by atoms with Gasteiger partial charge in [0, 0.05) is 19.3 Å². The number of hydrogen-bond donors (Lipinski definition) is 1. The third-order valence-corrected chi connectivity index (χ3v) is 3.13. The van der Waals surface area contributed by atoms with Gasteiger partial charge in [0.15, 0.2) is 5.78 Å². The molecule has 0 spiro atoms. The van der Waals surface area contributed by atoms with Crippen LogP contribution in [-0.2, 0) is 14.4 Å². The van der Waals surface area contributed by atoms with Gasteiger partial charge in [-0.25, -0.2) is 0 Å². The van der Waals surface area contributed by atoms with Gasteiger partial charge in [-0.1, -0.05) is 6.08 Å². The van der Waals surface area contributed by atoms with Gasteiger partial charge in [0.25, 0.3) is 0 Å². The van der Waals surface area contributed by atoms with Gasteiger partial charge in [-0.15, -0.1) is 0 Å². The Morgan fingerprint density at radius 1 is 1.12 bits per heavy atom. The predicted octanol–water partition coefficient (Wildman–Crippen LogP) is 1.11. The maximum atomic E-state index is 11.4. The molecule has 0 aromatic heterocycles. The summed E-state index contributed by atoms with van der Waals surface area (Å²) in [4.78, 5) is 33.6. The molecule has 0 aromatic rings. The number of imide groups is 1. The maximum Gasteiger partial charge on any atom is 0.226 e. The number of nitrogens with one attached hydrogen (secondary N) is 1. The number of piperidine rings is 1. The Hall–Kier alpha value is -1.45. The number of allylic oxidation sites excluding steroid dienone is 2. The van der Waals surface area contributed by atoms with Crippen LogP contribution in [0.15, 0.2) is 11.6 Å². The van der Waals surface area contributed by atoms with Crippen LogP contribution < -0.4 is 5.32 Å². The molecular weight excluding hydrogens is 206 g/mol. The Kier molecular flexibility index (Phi) is 3.17. The Labute approximate surface area is 94.1 Å². The molecule has 1 aliphatic heterocycles. The summed E-state index contributed by atoms with van der Waals surface area (Å²) in [5.41, 5.74) is 0.887. The molecule has 1 aliphatic carbocycles. The molecule has 4 heteroatoms. The van der Waals surface area contributed by atoms with E-state index in [1.807, 2.05) is 6.08 Å². The highest BCUT2D eigenvalue weighted by atomic mass is 16.2. The molecular formula is C12H15NO3. The van der Waals surface area contributed by atoms with E-state index < -0.39 is 0 Å². The summed E-state index contributed by atoms with van der Waals surface area (Å²) in [6.07, 6.45) is 5.82. The molecule has 2 amide bonds. The topological polar surface area (TPSA) is 63.2 Å². The average Bonchev–Trinajstić information content (AvgIpc) is 2.59. The molecule has 1 N–H and O–H groups in total. The summed E-state index contributed by atoms with van der Waals surface area (Å²) in [5, 5.41) is 2.28. The van der Waals surface area contributed by atoms with E-state index in [4.69, 9.17) is 0 Å². The van der Waals surface area contributed by atoms with E-state index in [-0.39, 0.29) is 23.5 Å². The standard InChI is InChI=1S/C12H15NO3/c14-10-3-1-2-9(10)5-4-8-6-11(15)13-12(16)7-8/h5,8H,1-4,6-7H2,(H,13,15,16)/b9-5+. The lowest BCUT2D eigenvalue weighted by atomic mass is 9.92. The minimum atomic E-state index is -0.197. The Morgan fingerprint density at radius 2 is 1.81 bits per heavy atom. The van der Waals surface area contributed by atoms with Crippen molar-refractivity contribution in [3.63, 3.8) is 0 Å². The average molecular weight is 221 g/mol.